The lowest BCUT2D eigenvalue weighted by atomic mass is 10.1. The van der Waals surface area contributed by atoms with Crippen molar-refractivity contribution in [3.05, 3.63) is 21.4 Å². The molecule has 1 amide bonds. The van der Waals surface area contributed by atoms with Crippen LogP contribution in [0.25, 0.3) is 0 Å². The number of hydrogen-bond donors (Lipinski definition) is 2. The number of amides is 1. The number of fused-ring (bicyclic) bond motifs is 1. The zero-order chi connectivity index (χ0) is 16.3. The highest BCUT2D eigenvalue weighted by atomic mass is 32.1. The molecule has 1 unspecified atom stereocenters. The summed E-state index contributed by atoms with van der Waals surface area (Å²) in [6.45, 7) is 6.03. The topological polar surface area (TPSA) is 75.6 Å². The van der Waals surface area contributed by atoms with Crippen LogP contribution in [0.4, 0.5) is 0 Å². The Hall–Kier alpha value is -1.40. The summed E-state index contributed by atoms with van der Waals surface area (Å²) >= 11 is 1.48. The van der Waals surface area contributed by atoms with Gasteiger partial charge < -0.3 is 15.2 Å². The Morgan fingerprint density at radius 1 is 1.41 bits per heavy atom. The quantitative estimate of drug-likeness (QED) is 0.843. The van der Waals surface area contributed by atoms with Crippen molar-refractivity contribution in [2.45, 2.75) is 58.1 Å². The van der Waals surface area contributed by atoms with Gasteiger partial charge in [-0.2, -0.15) is 0 Å². The maximum Gasteiger partial charge on any atom is 0.326 e. The van der Waals surface area contributed by atoms with Gasteiger partial charge in [-0.3, -0.25) is 4.79 Å². The van der Waals surface area contributed by atoms with Crippen LogP contribution in [0.1, 0.15) is 53.7 Å². The van der Waals surface area contributed by atoms with Crippen LogP contribution in [0, 0.1) is 0 Å². The summed E-state index contributed by atoms with van der Waals surface area (Å²) in [6, 6.07) is 0.971. The number of aryl methyl sites for hydroxylation is 2. The number of ether oxygens (including phenoxy) is 1. The van der Waals surface area contributed by atoms with Gasteiger partial charge in [0.2, 0.25) is 0 Å². The standard InChI is InChI=1S/C16H23NO4S/c1-16(2,3)21-8-7-11(15(19)20)17-14(18)13-9-10-5-4-6-12(10)22-13/h9,11H,4-8H2,1-3H3,(H,17,18)(H,19,20). The summed E-state index contributed by atoms with van der Waals surface area (Å²) in [5.41, 5.74) is 0.917. The van der Waals surface area contributed by atoms with Gasteiger partial charge in [-0.05, 0) is 51.7 Å². The SMILES string of the molecule is CC(C)(C)OCCC(NC(=O)c1cc2c(s1)CCC2)C(=O)O. The van der Waals surface area contributed by atoms with E-state index in [1.54, 1.807) is 0 Å². The summed E-state index contributed by atoms with van der Waals surface area (Å²) in [5.74, 6) is -1.34. The molecular formula is C16H23NO4S. The van der Waals surface area contributed by atoms with Crippen LogP contribution in [0.5, 0.6) is 0 Å². The smallest absolute Gasteiger partial charge is 0.326 e. The lowest BCUT2D eigenvalue weighted by Crippen LogP contribution is -2.41. The average molecular weight is 325 g/mol. The lowest BCUT2D eigenvalue weighted by molar-refractivity contribution is -0.140. The van der Waals surface area contributed by atoms with E-state index in [9.17, 15) is 14.7 Å². The van der Waals surface area contributed by atoms with Crippen LogP contribution < -0.4 is 5.32 Å². The molecule has 6 heteroatoms. The number of thiophene rings is 1. The van der Waals surface area contributed by atoms with Crippen molar-refractivity contribution in [3.63, 3.8) is 0 Å². The third kappa shape index (κ3) is 4.55. The van der Waals surface area contributed by atoms with E-state index in [-0.39, 0.29) is 17.9 Å². The highest BCUT2D eigenvalue weighted by molar-refractivity contribution is 7.14. The number of carbonyl (C=O) groups excluding carboxylic acids is 1. The van der Waals surface area contributed by atoms with Crippen molar-refractivity contribution >= 4 is 23.2 Å². The summed E-state index contributed by atoms with van der Waals surface area (Å²) < 4.78 is 5.53. The fraction of sp³-hybridized carbons (Fsp3) is 0.625. The van der Waals surface area contributed by atoms with Gasteiger partial charge in [0.25, 0.3) is 5.91 Å². The Balaban J connectivity index is 1.92. The monoisotopic (exact) mass is 325 g/mol. The van der Waals surface area contributed by atoms with E-state index >= 15 is 0 Å². The van der Waals surface area contributed by atoms with Gasteiger partial charge >= 0.3 is 5.97 Å². The third-order valence-corrected chi connectivity index (χ3v) is 4.75. The molecule has 2 rings (SSSR count). The highest BCUT2D eigenvalue weighted by Gasteiger charge is 2.24. The molecule has 1 aliphatic carbocycles. The predicted molar refractivity (Wildman–Crippen MR) is 85.6 cm³/mol. The molecule has 0 saturated heterocycles. The van der Waals surface area contributed by atoms with Crippen LogP contribution in [0.2, 0.25) is 0 Å². The number of carboxylic acid groups (broad SMARTS) is 1. The summed E-state index contributed by atoms with van der Waals surface area (Å²) in [5, 5.41) is 11.8. The molecule has 0 fully saturated rings. The molecule has 0 saturated carbocycles. The summed E-state index contributed by atoms with van der Waals surface area (Å²) in [4.78, 5) is 25.4. The number of nitrogens with one attached hydrogen (secondary N) is 1. The Morgan fingerprint density at radius 2 is 2.14 bits per heavy atom. The molecule has 1 aliphatic rings. The largest absolute Gasteiger partial charge is 0.480 e. The molecule has 0 aromatic carbocycles. The average Bonchev–Trinajstić information content (AvgIpc) is 2.96. The second kappa shape index (κ2) is 6.79. The number of hydrogen-bond acceptors (Lipinski definition) is 4. The summed E-state index contributed by atoms with van der Waals surface area (Å²) in [6.07, 6.45) is 3.43. The van der Waals surface area contributed by atoms with E-state index in [4.69, 9.17) is 4.74 Å². The molecule has 1 aromatic heterocycles. The minimum absolute atomic E-state index is 0.253. The molecule has 1 aromatic rings. The van der Waals surface area contributed by atoms with Crippen LogP contribution in [0.3, 0.4) is 0 Å². The number of aliphatic carboxylic acids is 1. The Labute approximate surface area is 134 Å². The van der Waals surface area contributed by atoms with Gasteiger partial charge in [-0.15, -0.1) is 11.3 Å². The fourth-order valence-corrected chi connectivity index (χ4v) is 3.57. The molecule has 22 heavy (non-hydrogen) atoms. The fourth-order valence-electron chi connectivity index (χ4n) is 2.41. The molecular weight excluding hydrogens is 302 g/mol. The van der Waals surface area contributed by atoms with Crippen LogP contribution in [0.15, 0.2) is 6.07 Å². The van der Waals surface area contributed by atoms with Crippen molar-refractivity contribution in [2.75, 3.05) is 6.61 Å². The minimum atomic E-state index is -1.03. The second-order valence-corrected chi connectivity index (χ2v) is 7.66. The van der Waals surface area contributed by atoms with E-state index in [1.165, 1.54) is 21.8 Å². The molecule has 122 valence electrons. The zero-order valence-electron chi connectivity index (χ0n) is 13.3. The first-order chi connectivity index (χ1) is 10.3. The maximum absolute atomic E-state index is 12.2. The molecule has 5 nitrogen and oxygen atoms in total. The van der Waals surface area contributed by atoms with Gasteiger partial charge in [-0.25, -0.2) is 4.79 Å². The van der Waals surface area contributed by atoms with Crippen molar-refractivity contribution in [2.24, 2.45) is 0 Å². The van der Waals surface area contributed by atoms with Gasteiger partial charge in [0.05, 0.1) is 10.5 Å². The van der Waals surface area contributed by atoms with Crippen molar-refractivity contribution in [1.82, 2.24) is 5.32 Å². The van der Waals surface area contributed by atoms with E-state index in [0.29, 0.717) is 11.5 Å². The number of rotatable bonds is 6. The van der Waals surface area contributed by atoms with Crippen molar-refractivity contribution < 1.29 is 19.4 Å². The second-order valence-electron chi connectivity index (χ2n) is 6.53. The first-order valence-electron chi connectivity index (χ1n) is 7.55. The zero-order valence-corrected chi connectivity index (χ0v) is 14.1. The predicted octanol–water partition coefficient (Wildman–Crippen LogP) is 2.63. The van der Waals surface area contributed by atoms with Gasteiger partial charge in [0.1, 0.15) is 6.04 Å². The lowest BCUT2D eigenvalue weighted by Gasteiger charge is -2.21. The van der Waals surface area contributed by atoms with Crippen LogP contribution in [-0.2, 0) is 22.4 Å². The van der Waals surface area contributed by atoms with Gasteiger partial charge in [0.15, 0.2) is 0 Å². The molecule has 1 atom stereocenters. The summed E-state index contributed by atoms with van der Waals surface area (Å²) in [7, 11) is 0. The number of carbonyl (C=O) groups is 2. The van der Waals surface area contributed by atoms with E-state index in [0.717, 1.165) is 19.3 Å². The van der Waals surface area contributed by atoms with Gasteiger partial charge in [-0.1, -0.05) is 0 Å². The molecule has 1 heterocycles. The van der Waals surface area contributed by atoms with Gasteiger partial charge in [0, 0.05) is 17.9 Å². The van der Waals surface area contributed by atoms with E-state index in [2.05, 4.69) is 5.32 Å². The number of carboxylic acids is 1. The highest BCUT2D eigenvalue weighted by Crippen LogP contribution is 2.30. The Morgan fingerprint density at radius 3 is 2.73 bits per heavy atom. The first-order valence-corrected chi connectivity index (χ1v) is 8.37. The molecule has 0 spiro atoms. The first kappa shape index (κ1) is 17.0. The van der Waals surface area contributed by atoms with E-state index in [1.807, 2.05) is 26.8 Å². The third-order valence-electron chi connectivity index (χ3n) is 3.52. The van der Waals surface area contributed by atoms with Crippen LogP contribution >= 0.6 is 11.3 Å². The normalized spacial score (nSPS) is 15.4. The van der Waals surface area contributed by atoms with Crippen molar-refractivity contribution in [3.8, 4) is 0 Å². The molecule has 0 bridgehead atoms. The maximum atomic E-state index is 12.2. The van der Waals surface area contributed by atoms with E-state index < -0.39 is 12.0 Å². The Bertz CT molecular complexity index is 537. The van der Waals surface area contributed by atoms with Crippen LogP contribution in [-0.4, -0.2) is 35.2 Å². The minimum Gasteiger partial charge on any atom is -0.480 e. The molecule has 0 radical (unpaired) electrons. The molecule has 0 aliphatic heterocycles. The Kier molecular flexibility index (Phi) is 5.24. The molecule has 2 N–H and O–H groups in total. The van der Waals surface area contributed by atoms with Crippen molar-refractivity contribution in [1.29, 1.82) is 0 Å².